The van der Waals surface area contributed by atoms with E-state index in [-0.39, 0.29) is 5.91 Å². The van der Waals surface area contributed by atoms with Crippen LogP contribution in [-0.4, -0.2) is 25.7 Å². The molecule has 1 amide bonds. The summed E-state index contributed by atoms with van der Waals surface area (Å²) in [6.45, 7) is 1.83. The molecule has 0 radical (unpaired) electrons. The standard InChI is InChI=1S/C21H17IN6O/c1-14-24-19(13-20(25-14)28-12-2-11-23-28)26-17-7-9-18(10-8-17)27-21(29)15-3-5-16(22)6-4-15/h2-13H,1H3,(H,27,29)(H,24,25,26). The molecule has 0 aliphatic heterocycles. The molecular formula is C21H17IN6O. The number of rotatable bonds is 5. The lowest BCUT2D eigenvalue weighted by atomic mass is 10.2. The molecule has 8 heteroatoms. The molecule has 2 aromatic carbocycles. The third kappa shape index (κ3) is 4.77. The van der Waals surface area contributed by atoms with E-state index in [1.807, 2.05) is 73.8 Å². The van der Waals surface area contributed by atoms with Crippen LogP contribution in [0.3, 0.4) is 0 Å². The summed E-state index contributed by atoms with van der Waals surface area (Å²) >= 11 is 2.21. The maximum atomic E-state index is 12.3. The summed E-state index contributed by atoms with van der Waals surface area (Å²) in [7, 11) is 0. The minimum atomic E-state index is -0.141. The third-order valence-electron chi connectivity index (χ3n) is 4.09. The fourth-order valence-corrected chi connectivity index (χ4v) is 3.09. The molecule has 2 aromatic heterocycles. The first-order chi connectivity index (χ1) is 14.1. The van der Waals surface area contributed by atoms with Crippen molar-refractivity contribution in [1.82, 2.24) is 19.7 Å². The molecule has 0 aliphatic carbocycles. The zero-order chi connectivity index (χ0) is 20.2. The van der Waals surface area contributed by atoms with Gasteiger partial charge < -0.3 is 10.6 Å². The molecule has 0 saturated heterocycles. The Kier molecular flexibility index (Phi) is 5.52. The Balaban J connectivity index is 1.46. The van der Waals surface area contributed by atoms with Crippen LogP contribution >= 0.6 is 22.6 Å². The lowest BCUT2D eigenvalue weighted by Gasteiger charge is -2.10. The van der Waals surface area contributed by atoms with Crippen LogP contribution in [0.4, 0.5) is 17.2 Å². The largest absolute Gasteiger partial charge is 0.340 e. The maximum Gasteiger partial charge on any atom is 0.255 e. The Morgan fingerprint density at radius 3 is 2.41 bits per heavy atom. The van der Waals surface area contributed by atoms with Gasteiger partial charge in [-0.05, 0) is 84.1 Å². The van der Waals surface area contributed by atoms with Crippen LogP contribution < -0.4 is 10.6 Å². The fourth-order valence-electron chi connectivity index (χ4n) is 2.73. The van der Waals surface area contributed by atoms with E-state index in [0.29, 0.717) is 23.0 Å². The highest BCUT2D eigenvalue weighted by Gasteiger charge is 2.07. The van der Waals surface area contributed by atoms with E-state index in [1.165, 1.54) is 0 Å². The van der Waals surface area contributed by atoms with Crippen LogP contribution in [0.15, 0.2) is 73.1 Å². The molecule has 0 saturated carbocycles. The molecule has 4 rings (SSSR count). The van der Waals surface area contributed by atoms with Crippen molar-refractivity contribution in [1.29, 1.82) is 0 Å². The van der Waals surface area contributed by atoms with Crippen LogP contribution in [0.2, 0.25) is 0 Å². The number of carbonyl (C=O) groups is 1. The smallest absolute Gasteiger partial charge is 0.255 e. The summed E-state index contributed by atoms with van der Waals surface area (Å²) in [5.74, 6) is 1.85. The Morgan fingerprint density at radius 1 is 1.00 bits per heavy atom. The normalized spacial score (nSPS) is 10.6. The Hall–Kier alpha value is -3.27. The highest BCUT2D eigenvalue weighted by molar-refractivity contribution is 14.1. The van der Waals surface area contributed by atoms with E-state index in [2.05, 4.69) is 48.3 Å². The molecule has 0 atom stereocenters. The number of hydrogen-bond donors (Lipinski definition) is 2. The van der Waals surface area contributed by atoms with Gasteiger partial charge in [-0.25, -0.2) is 14.6 Å². The number of aryl methyl sites for hydroxylation is 1. The second kappa shape index (κ2) is 8.39. The first-order valence-electron chi connectivity index (χ1n) is 8.86. The van der Waals surface area contributed by atoms with Crippen LogP contribution in [0.25, 0.3) is 5.82 Å². The molecular weight excluding hydrogens is 479 g/mol. The topological polar surface area (TPSA) is 84.7 Å². The van der Waals surface area contributed by atoms with Gasteiger partial charge in [0.1, 0.15) is 11.6 Å². The van der Waals surface area contributed by atoms with Crippen molar-refractivity contribution in [3.63, 3.8) is 0 Å². The van der Waals surface area contributed by atoms with E-state index in [1.54, 1.807) is 10.9 Å². The number of anilines is 3. The summed E-state index contributed by atoms with van der Waals surface area (Å²) < 4.78 is 2.77. The molecule has 2 N–H and O–H groups in total. The molecule has 2 heterocycles. The summed E-state index contributed by atoms with van der Waals surface area (Å²) in [4.78, 5) is 21.2. The van der Waals surface area contributed by atoms with Gasteiger partial charge in [-0.1, -0.05) is 0 Å². The number of amides is 1. The Morgan fingerprint density at radius 2 is 1.72 bits per heavy atom. The van der Waals surface area contributed by atoms with Crippen LogP contribution in [0.1, 0.15) is 16.2 Å². The first kappa shape index (κ1) is 19.1. The van der Waals surface area contributed by atoms with Crippen LogP contribution in [0, 0.1) is 10.5 Å². The molecule has 29 heavy (non-hydrogen) atoms. The van der Waals surface area contributed by atoms with Crippen LogP contribution in [0.5, 0.6) is 0 Å². The predicted molar refractivity (Wildman–Crippen MR) is 121 cm³/mol. The molecule has 0 bridgehead atoms. The van der Waals surface area contributed by atoms with Crippen molar-refractivity contribution in [2.45, 2.75) is 6.92 Å². The molecule has 0 aliphatic rings. The average molecular weight is 496 g/mol. The number of nitrogens with one attached hydrogen (secondary N) is 2. The van der Waals surface area contributed by atoms with Gasteiger partial charge in [0.2, 0.25) is 0 Å². The molecule has 144 valence electrons. The Labute approximate surface area is 181 Å². The van der Waals surface area contributed by atoms with Gasteiger partial charge in [0.15, 0.2) is 5.82 Å². The summed E-state index contributed by atoms with van der Waals surface area (Å²) in [5, 5.41) is 10.4. The van der Waals surface area contributed by atoms with Gasteiger partial charge in [-0.3, -0.25) is 4.79 Å². The summed E-state index contributed by atoms with van der Waals surface area (Å²) in [6, 6.07) is 18.5. The molecule has 0 unspecified atom stereocenters. The molecule has 4 aromatic rings. The highest BCUT2D eigenvalue weighted by Crippen LogP contribution is 2.20. The van der Waals surface area contributed by atoms with Crippen molar-refractivity contribution in [2.75, 3.05) is 10.6 Å². The number of nitrogens with zero attached hydrogens (tertiary/aromatic N) is 4. The van der Waals surface area contributed by atoms with Gasteiger partial charge in [-0.2, -0.15) is 5.10 Å². The number of benzene rings is 2. The van der Waals surface area contributed by atoms with Gasteiger partial charge in [-0.15, -0.1) is 0 Å². The van der Waals surface area contributed by atoms with Crippen molar-refractivity contribution >= 4 is 45.7 Å². The first-order valence-corrected chi connectivity index (χ1v) is 9.94. The molecule has 0 spiro atoms. The zero-order valence-electron chi connectivity index (χ0n) is 15.5. The number of aromatic nitrogens is 4. The predicted octanol–water partition coefficient (Wildman–Crippen LogP) is 4.57. The van der Waals surface area contributed by atoms with Gasteiger partial charge in [0.25, 0.3) is 5.91 Å². The van der Waals surface area contributed by atoms with Crippen LogP contribution in [-0.2, 0) is 0 Å². The van der Waals surface area contributed by atoms with E-state index < -0.39 is 0 Å². The average Bonchev–Trinajstić information content (AvgIpc) is 3.24. The fraction of sp³-hybridized carbons (Fsp3) is 0.0476. The van der Waals surface area contributed by atoms with Gasteiger partial charge in [0.05, 0.1) is 0 Å². The second-order valence-electron chi connectivity index (χ2n) is 6.27. The van der Waals surface area contributed by atoms with E-state index in [9.17, 15) is 4.79 Å². The number of halogens is 1. The van der Waals surface area contributed by atoms with Crippen molar-refractivity contribution in [2.24, 2.45) is 0 Å². The highest BCUT2D eigenvalue weighted by atomic mass is 127. The van der Waals surface area contributed by atoms with E-state index >= 15 is 0 Å². The van der Waals surface area contributed by atoms with E-state index in [4.69, 9.17) is 0 Å². The summed E-state index contributed by atoms with van der Waals surface area (Å²) in [6.07, 6.45) is 3.53. The number of carbonyl (C=O) groups excluding carboxylic acids is 1. The molecule has 0 fully saturated rings. The number of hydrogen-bond acceptors (Lipinski definition) is 5. The minimum absolute atomic E-state index is 0.141. The third-order valence-corrected chi connectivity index (χ3v) is 4.80. The minimum Gasteiger partial charge on any atom is -0.340 e. The summed E-state index contributed by atoms with van der Waals surface area (Å²) in [5.41, 5.74) is 2.19. The quantitative estimate of drug-likeness (QED) is 0.396. The monoisotopic (exact) mass is 496 g/mol. The molecule has 7 nitrogen and oxygen atoms in total. The van der Waals surface area contributed by atoms with Crippen molar-refractivity contribution in [3.8, 4) is 5.82 Å². The Bertz CT molecular complexity index is 1130. The SMILES string of the molecule is Cc1nc(Nc2ccc(NC(=O)c3ccc(I)cc3)cc2)cc(-n2cccn2)n1. The maximum absolute atomic E-state index is 12.3. The van der Waals surface area contributed by atoms with Gasteiger partial charge in [0, 0.05) is 39.0 Å². The second-order valence-corrected chi connectivity index (χ2v) is 7.52. The lowest BCUT2D eigenvalue weighted by molar-refractivity contribution is 0.102. The van der Waals surface area contributed by atoms with Crippen molar-refractivity contribution in [3.05, 3.63) is 88.0 Å². The van der Waals surface area contributed by atoms with Gasteiger partial charge >= 0.3 is 0 Å². The lowest BCUT2D eigenvalue weighted by Crippen LogP contribution is -2.11. The van der Waals surface area contributed by atoms with E-state index in [0.717, 1.165) is 14.9 Å². The zero-order valence-corrected chi connectivity index (χ0v) is 17.7. The van der Waals surface area contributed by atoms with Crippen molar-refractivity contribution < 1.29 is 4.79 Å².